The molecule has 0 bridgehead atoms. The maximum Gasteiger partial charge on any atom is 0.211 e. The van der Waals surface area contributed by atoms with Crippen LogP contribution in [0.15, 0.2) is 0 Å². The Morgan fingerprint density at radius 3 is 3.00 bits per heavy atom. The summed E-state index contributed by atoms with van der Waals surface area (Å²) >= 11 is 0. The van der Waals surface area contributed by atoms with Gasteiger partial charge in [-0.1, -0.05) is 0 Å². The fourth-order valence-corrected chi connectivity index (χ4v) is 3.56. The van der Waals surface area contributed by atoms with Crippen LogP contribution in [0.5, 0.6) is 0 Å². The Balaban J connectivity index is 1.78. The van der Waals surface area contributed by atoms with E-state index in [0.717, 1.165) is 26.1 Å². The topological polar surface area (TPSA) is 58.6 Å². The van der Waals surface area contributed by atoms with E-state index in [1.807, 2.05) is 0 Å². The molecule has 2 atom stereocenters. The maximum absolute atomic E-state index is 11.3. The van der Waals surface area contributed by atoms with Crippen molar-refractivity contribution >= 4 is 10.0 Å². The van der Waals surface area contributed by atoms with Crippen LogP contribution in [0.4, 0.5) is 0 Å². The van der Waals surface area contributed by atoms with Crippen LogP contribution in [0.25, 0.3) is 0 Å². The van der Waals surface area contributed by atoms with E-state index in [0.29, 0.717) is 18.6 Å². The van der Waals surface area contributed by atoms with Gasteiger partial charge in [-0.05, 0) is 39.3 Å². The molecule has 2 aliphatic rings. The molecule has 2 rings (SSSR count). The summed E-state index contributed by atoms with van der Waals surface area (Å²) < 4.78 is 30.7. The Hall–Kier alpha value is -0.170. The molecule has 0 radical (unpaired) electrons. The van der Waals surface area contributed by atoms with E-state index in [1.165, 1.54) is 19.9 Å². The summed E-state index contributed by atoms with van der Waals surface area (Å²) in [6.07, 6.45) is 4.69. The van der Waals surface area contributed by atoms with E-state index in [9.17, 15) is 8.42 Å². The lowest BCUT2D eigenvalue weighted by Gasteiger charge is -2.37. The Morgan fingerprint density at radius 2 is 2.24 bits per heavy atom. The average Bonchev–Trinajstić information content (AvgIpc) is 2.78. The normalized spacial score (nSPS) is 30.4. The Labute approximate surface area is 104 Å². The van der Waals surface area contributed by atoms with Gasteiger partial charge in [0.15, 0.2) is 0 Å². The molecule has 100 valence electrons. The molecule has 0 aromatic heterocycles. The third kappa shape index (κ3) is 3.40. The predicted molar refractivity (Wildman–Crippen MR) is 66.4 cm³/mol. The lowest BCUT2D eigenvalue weighted by atomic mass is 10.1. The van der Waals surface area contributed by atoms with Crippen molar-refractivity contribution in [1.82, 2.24) is 9.62 Å². The number of hydrogen-bond donors (Lipinski definition) is 1. The van der Waals surface area contributed by atoms with Gasteiger partial charge in [0.2, 0.25) is 10.0 Å². The molecule has 1 N–H and O–H groups in total. The standard InChI is InChI=1S/C11H22N2O3S/c1-12-17(14,15)9-3-6-13-7-8-16-11-5-2-4-10(11)13/h10-12H,2-9H2,1H3/t10-,11-/m1/s1. The zero-order valence-electron chi connectivity index (χ0n) is 10.4. The molecule has 1 saturated carbocycles. The van der Waals surface area contributed by atoms with Gasteiger partial charge in [-0.15, -0.1) is 0 Å². The van der Waals surface area contributed by atoms with Crippen molar-refractivity contribution in [3.63, 3.8) is 0 Å². The number of rotatable bonds is 5. The number of ether oxygens (including phenoxy) is 1. The second-order valence-corrected chi connectivity index (χ2v) is 6.87. The van der Waals surface area contributed by atoms with Crippen LogP contribution >= 0.6 is 0 Å². The van der Waals surface area contributed by atoms with Crippen molar-refractivity contribution in [3.8, 4) is 0 Å². The van der Waals surface area contributed by atoms with Gasteiger partial charge in [0, 0.05) is 12.6 Å². The first-order valence-electron chi connectivity index (χ1n) is 6.39. The Morgan fingerprint density at radius 1 is 1.41 bits per heavy atom. The van der Waals surface area contributed by atoms with Gasteiger partial charge in [0.05, 0.1) is 18.5 Å². The largest absolute Gasteiger partial charge is 0.375 e. The van der Waals surface area contributed by atoms with Crippen LogP contribution in [0.1, 0.15) is 25.7 Å². The van der Waals surface area contributed by atoms with Crippen LogP contribution in [0.2, 0.25) is 0 Å². The molecule has 5 nitrogen and oxygen atoms in total. The number of fused-ring (bicyclic) bond motifs is 1. The number of morpholine rings is 1. The molecular formula is C11H22N2O3S. The summed E-state index contributed by atoms with van der Waals surface area (Å²) in [7, 11) is -1.58. The molecule has 1 heterocycles. The number of hydrogen-bond acceptors (Lipinski definition) is 4. The summed E-state index contributed by atoms with van der Waals surface area (Å²) in [4.78, 5) is 2.41. The first-order chi connectivity index (χ1) is 8.12. The minimum absolute atomic E-state index is 0.220. The number of nitrogens with zero attached hydrogens (tertiary/aromatic N) is 1. The van der Waals surface area contributed by atoms with Crippen molar-refractivity contribution in [2.45, 2.75) is 37.8 Å². The highest BCUT2D eigenvalue weighted by Gasteiger charge is 2.35. The molecule has 0 aromatic carbocycles. The third-order valence-electron chi connectivity index (χ3n) is 3.77. The predicted octanol–water partition coefficient (Wildman–Crippen LogP) is 0.179. The number of nitrogens with one attached hydrogen (secondary N) is 1. The monoisotopic (exact) mass is 262 g/mol. The second kappa shape index (κ2) is 5.65. The zero-order valence-corrected chi connectivity index (χ0v) is 11.2. The highest BCUT2D eigenvalue weighted by Crippen LogP contribution is 2.29. The molecule has 1 aliphatic heterocycles. The van der Waals surface area contributed by atoms with Crippen LogP contribution in [0.3, 0.4) is 0 Å². The molecule has 0 aromatic rings. The van der Waals surface area contributed by atoms with Crippen molar-refractivity contribution in [1.29, 1.82) is 0 Å². The molecule has 6 heteroatoms. The van der Waals surface area contributed by atoms with Crippen LogP contribution < -0.4 is 4.72 Å². The summed E-state index contributed by atoms with van der Waals surface area (Å²) in [5, 5.41) is 0. The van der Waals surface area contributed by atoms with Crippen LogP contribution in [0, 0.1) is 0 Å². The zero-order chi connectivity index (χ0) is 12.3. The molecule has 17 heavy (non-hydrogen) atoms. The first-order valence-corrected chi connectivity index (χ1v) is 8.04. The summed E-state index contributed by atoms with van der Waals surface area (Å²) in [6, 6.07) is 0.529. The van der Waals surface area contributed by atoms with E-state index in [1.54, 1.807) is 0 Å². The van der Waals surface area contributed by atoms with E-state index in [2.05, 4.69) is 9.62 Å². The van der Waals surface area contributed by atoms with Crippen LogP contribution in [-0.2, 0) is 14.8 Å². The molecule has 0 amide bonds. The van der Waals surface area contributed by atoms with Crippen molar-refractivity contribution < 1.29 is 13.2 Å². The highest BCUT2D eigenvalue weighted by atomic mass is 32.2. The van der Waals surface area contributed by atoms with E-state index in [4.69, 9.17) is 4.74 Å². The van der Waals surface area contributed by atoms with Crippen LogP contribution in [-0.4, -0.2) is 58.0 Å². The molecule has 0 spiro atoms. The van der Waals surface area contributed by atoms with Gasteiger partial charge in [0.1, 0.15) is 0 Å². The molecule has 0 unspecified atom stereocenters. The van der Waals surface area contributed by atoms with E-state index >= 15 is 0 Å². The lowest BCUT2D eigenvalue weighted by Crippen LogP contribution is -2.49. The molecule has 1 saturated heterocycles. The minimum atomic E-state index is -3.05. The maximum atomic E-state index is 11.3. The lowest BCUT2D eigenvalue weighted by molar-refractivity contribution is -0.0552. The molecule has 2 fully saturated rings. The first kappa shape index (κ1) is 13.3. The van der Waals surface area contributed by atoms with E-state index < -0.39 is 10.0 Å². The summed E-state index contributed by atoms with van der Waals surface area (Å²) in [5.74, 6) is 0.220. The van der Waals surface area contributed by atoms with Gasteiger partial charge < -0.3 is 4.74 Å². The molecular weight excluding hydrogens is 240 g/mol. The van der Waals surface area contributed by atoms with Gasteiger partial charge >= 0.3 is 0 Å². The van der Waals surface area contributed by atoms with Crippen molar-refractivity contribution in [2.24, 2.45) is 0 Å². The van der Waals surface area contributed by atoms with Crippen molar-refractivity contribution in [2.75, 3.05) is 32.5 Å². The molecule has 1 aliphatic carbocycles. The Kier molecular flexibility index (Phi) is 4.41. The van der Waals surface area contributed by atoms with Gasteiger partial charge in [-0.2, -0.15) is 0 Å². The fraction of sp³-hybridized carbons (Fsp3) is 1.00. The van der Waals surface area contributed by atoms with Gasteiger partial charge in [-0.25, -0.2) is 13.1 Å². The summed E-state index contributed by atoms with van der Waals surface area (Å²) in [6.45, 7) is 2.60. The third-order valence-corrected chi connectivity index (χ3v) is 5.21. The number of sulfonamides is 1. The second-order valence-electron chi connectivity index (χ2n) is 4.82. The van der Waals surface area contributed by atoms with E-state index in [-0.39, 0.29) is 5.75 Å². The summed E-state index contributed by atoms with van der Waals surface area (Å²) in [5.41, 5.74) is 0. The van der Waals surface area contributed by atoms with Gasteiger partial charge in [0.25, 0.3) is 0 Å². The van der Waals surface area contributed by atoms with Gasteiger partial charge in [-0.3, -0.25) is 4.90 Å². The Bertz CT molecular complexity index is 345. The quantitative estimate of drug-likeness (QED) is 0.768. The fourth-order valence-electron chi connectivity index (χ4n) is 2.84. The van der Waals surface area contributed by atoms with Crippen molar-refractivity contribution in [3.05, 3.63) is 0 Å². The highest BCUT2D eigenvalue weighted by molar-refractivity contribution is 7.89. The average molecular weight is 262 g/mol. The minimum Gasteiger partial charge on any atom is -0.375 e. The smallest absolute Gasteiger partial charge is 0.211 e. The SMILES string of the molecule is CNS(=O)(=O)CCCN1CCO[C@@H]2CCC[C@H]21.